The molecule has 0 amide bonds. The average Bonchev–Trinajstić information content (AvgIpc) is 2.62. The zero-order chi connectivity index (χ0) is 16.8. The second kappa shape index (κ2) is 8.02. The Morgan fingerprint density at radius 3 is 1.75 bits per heavy atom. The van der Waals surface area contributed by atoms with Crippen molar-refractivity contribution in [3.8, 4) is 11.5 Å². The van der Waals surface area contributed by atoms with Crippen LogP contribution in [-0.2, 0) is 13.2 Å². The SMILES string of the molecule is Cc1cc(OCc2ccccc2)c(Br)cc1OCc1ccccc1. The molecule has 0 aliphatic rings. The zero-order valence-electron chi connectivity index (χ0n) is 13.5. The summed E-state index contributed by atoms with van der Waals surface area (Å²) in [5, 5.41) is 0. The first kappa shape index (κ1) is 16.6. The minimum atomic E-state index is 0.545. The Morgan fingerprint density at radius 1 is 0.708 bits per heavy atom. The van der Waals surface area contributed by atoms with Gasteiger partial charge in [0.1, 0.15) is 24.7 Å². The molecule has 0 saturated heterocycles. The summed E-state index contributed by atoms with van der Waals surface area (Å²) in [6.07, 6.45) is 0. The maximum absolute atomic E-state index is 5.94. The van der Waals surface area contributed by atoms with Gasteiger partial charge in [0.05, 0.1) is 4.47 Å². The largest absolute Gasteiger partial charge is 0.489 e. The lowest BCUT2D eigenvalue weighted by Crippen LogP contribution is -1.99. The molecule has 3 rings (SSSR count). The van der Waals surface area contributed by atoms with E-state index in [4.69, 9.17) is 9.47 Å². The van der Waals surface area contributed by atoms with Crippen LogP contribution >= 0.6 is 15.9 Å². The van der Waals surface area contributed by atoms with E-state index in [-0.39, 0.29) is 0 Å². The lowest BCUT2D eigenvalue weighted by atomic mass is 10.2. The minimum Gasteiger partial charge on any atom is -0.489 e. The molecule has 0 heterocycles. The van der Waals surface area contributed by atoms with Gasteiger partial charge in [0.2, 0.25) is 0 Å². The van der Waals surface area contributed by atoms with E-state index in [9.17, 15) is 0 Å². The highest BCUT2D eigenvalue weighted by Crippen LogP contribution is 2.33. The van der Waals surface area contributed by atoms with Crippen molar-refractivity contribution < 1.29 is 9.47 Å². The molecule has 0 bridgehead atoms. The first-order chi connectivity index (χ1) is 11.7. The fourth-order valence-corrected chi connectivity index (χ4v) is 2.81. The summed E-state index contributed by atoms with van der Waals surface area (Å²) in [5.74, 6) is 1.68. The quantitative estimate of drug-likeness (QED) is 0.526. The predicted molar refractivity (Wildman–Crippen MR) is 100 cm³/mol. The second-order valence-corrected chi connectivity index (χ2v) is 6.45. The average molecular weight is 383 g/mol. The van der Waals surface area contributed by atoms with Gasteiger partial charge in [0, 0.05) is 0 Å². The van der Waals surface area contributed by atoms with E-state index in [1.165, 1.54) is 0 Å². The fraction of sp³-hybridized carbons (Fsp3) is 0.143. The monoisotopic (exact) mass is 382 g/mol. The van der Waals surface area contributed by atoms with Crippen molar-refractivity contribution in [3.05, 3.63) is 94.0 Å². The van der Waals surface area contributed by atoms with Crippen LogP contribution in [0.5, 0.6) is 11.5 Å². The molecule has 0 aromatic heterocycles. The van der Waals surface area contributed by atoms with Crippen molar-refractivity contribution in [2.24, 2.45) is 0 Å². The highest BCUT2D eigenvalue weighted by Gasteiger charge is 2.08. The summed E-state index contributed by atoms with van der Waals surface area (Å²) in [4.78, 5) is 0. The predicted octanol–water partition coefficient (Wildman–Crippen LogP) is 5.92. The van der Waals surface area contributed by atoms with E-state index in [1.807, 2.05) is 55.5 Å². The van der Waals surface area contributed by atoms with Crippen LogP contribution in [0.15, 0.2) is 77.3 Å². The minimum absolute atomic E-state index is 0.545. The highest BCUT2D eigenvalue weighted by atomic mass is 79.9. The van der Waals surface area contributed by atoms with Gasteiger partial charge in [-0.15, -0.1) is 0 Å². The van der Waals surface area contributed by atoms with Gasteiger partial charge < -0.3 is 9.47 Å². The van der Waals surface area contributed by atoms with E-state index >= 15 is 0 Å². The van der Waals surface area contributed by atoms with Crippen molar-refractivity contribution in [1.82, 2.24) is 0 Å². The maximum atomic E-state index is 5.94. The molecule has 3 heteroatoms. The van der Waals surface area contributed by atoms with Gasteiger partial charge in [0.25, 0.3) is 0 Å². The topological polar surface area (TPSA) is 18.5 Å². The Labute approximate surface area is 151 Å². The van der Waals surface area contributed by atoms with Crippen molar-refractivity contribution >= 4 is 15.9 Å². The Morgan fingerprint density at radius 2 is 1.21 bits per heavy atom. The number of rotatable bonds is 6. The van der Waals surface area contributed by atoms with Gasteiger partial charge in [-0.05, 0) is 51.7 Å². The van der Waals surface area contributed by atoms with Crippen LogP contribution < -0.4 is 9.47 Å². The van der Waals surface area contributed by atoms with Gasteiger partial charge in [-0.1, -0.05) is 60.7 Å². The first-order valence-electron chi connectivity index (χ1n) is 7.86. The van der Waals surface area contributed by atoms with Gasteiger partial charge in [0.15, 0.2) is 0 Å². The third-order valence-corrected chi connectivity index (χ3v) is 4.32. The molecule has 0 saturated carbocycles. The van der Waals surface area contributed by atoms with Crippen LogP contribution in [0.1, 0.15) is 16.7 Å². The molecule has 0 radical (unpaired) electrons. The van der Waals surface area contributed by atoms with E-state index < -0.39 is 0 Å². The summed E-state index contributed by atoms with van der Waals surface area (Å²) in [5.41, 5.74) is 3.35. The summed E-state index contributed by atoms with van der Waals surface area (Å²) < 4.78 is 12.8. The summed E-state index contributed by atoms with van der Waals surface area (Å²) >= 11 is 3.58. The standard InChI is InChI=1S/C21H19BrO2/c1-16-12-21(24-15-18-10-6-3-7-11-18)19(22)13-20(16)23-14-17-8-4-2-5-9-17/h2-13H,14-15H2,1H3. The molecule has 3 aromatic rings. The zero-order valence-corrected chi connectivity index (χ0v) is 15.1. The number of hydrogen-bond donors (Lipinski definition) is 0. The van der Waals surface area contributed by atoms with Crippen LogP contribution in [-0.4, -0.2) is 0 Å². The van der Waals surface area contributed by atoms with E-state index in [2.05, 4.69) is 40.2 Å². The highest BCUT2D eigenvalue weighted by molar-refractivity contribution is 9.10. The Bertz CT molecular complexity index is 716. The maximum Gasteiger partial charge on any atom is 0.134 e. The van der Waals surface area contributed by atoms with Gasteiger partial charge in [-0.3, -0.25) is 0 Å². The number of ether oxygens (including phenoxy) is 2. The number of aryl methyl sites for hydroxylation is 1. The normalized spacial score (nSPS) is 10.4. The van der Waals surface area contributed by atoms with E-state index in [0.29, 0.717) is 13.2 Å². The van der Waals surface area contributed by atoms with Crippen molar-refractivity contribution in [3.63, 3.8) is 0 Å². The van der Waals surface area contributed by atoms with Gasteiger partial charge in [-0.25, -0.2) is 0 Å². The molecule has 0 unspecified atom stereocenters. The van der Waals surface area contributed by atoms with Crippen molar-refractivity contribution in [2.75, 3.05) is 0 Å². The van der Waals surface area contributed by atoms with Crippen LogP contribution in [0.4, 0.5) is 0 Å². The van der Waals surface area contributed by atoms with Crippen LogP contribution in [0.2, 0.25) is 0 Å². The molecule has 0 spiro atoms. The Kier molecular flexibility index (Phi) is 5.55. The Balaban J connectivity index is 1.67. The summed E-state index contributed by atoms with van der Waals surface area (Å²) in [6.45, 7) is 3.13. The molecular weight excluding hydrogens is 364 g/mol. The van der Waals surface area contributed by atoms with E-state index in [0.717, 1.165) is 32.7 Å². The summed E-state index contributed by atoms with van der Waals surface area (Å²) in [6, 6.07) is 24.3. The van der Waals surface area contributed by atoms with Gasteiger partial charge >= 0.3 is 0 Å². The molecule has 0 aliphatic carbocycles. The molecule has 2 nitrogen and oxygen atoms in total. The molecule has 24 heavy (non-hydrogen) atoms. The van der Waals surface area contributed by atoms with Gasteiger partial charge in [-0.2, -0.15) is 0 Å². The Hall–Kier alpha value is -2.26. The molecule has 122 valence electrons. The molecular formula is C21H19BrO2. The molecule has 0 fully saturated rings. The van der Waals surface area contributed by atoms with Crippen LogP contribution in [0.3, 0.4) is 0 Å². The van der Waals surface area contributed by atoms with Crippen LogP contribution in [0, 0.1) is 6.92 Å². The first-order valence-corrected chi connectivity index (χ1v) is 8.65. The third kappa shape index (κ3) is 4.39. The number of benzene rings is 3. The van der Waals surface area contributed by atoms with Crippen LogP contribution in [0.25, 0.3) is 0 Å². The summed E-state index contributed by atoms with van der Waals surface area (Å²) in [7, 11) is 0. The lowest BCUT2D eigenvalue weighted by molar-refractivity contribution is 0.294. The number of halogens is 1. The fourth-order valence-electron chi connectivity index (χ4n) is 2.37. The molecule has 0 atom stereocenters. The van der Waals surface area contributed by atoms with Crippen molar-refractivity contribution in [1.29, 1.82) is 0 Å². The van der Waals surface area contributed by atoms with Crippen molar-refractivity contribution in [2.45, 2.75) is 20.1 Å². The molecule has 0 aliphatic heterocycles. The number of hydrogen-bond acceptors (Lipinski definition) is 2. The third-order valence-electron chi connectivity index (χ3n) is 3.70. The molecule has 0 N–H and O–H groups in total. The second-order valence-electron chi connectivity index (χ2n) is 5.60. The lowest BCUT2D eigenvalue weighted by Gasteiger charge is -2.14. The smallest absolute Gasteiger partial charge is 0.134 e. The molecule has 3 aromatic carbocycles. The van der Waals surface area contributed by atoms with E-state index in [1.54, 1.807) is 0 Å².